The van der Waals surface area contributed by atoms with Gasteiger partial charge in [-0.15, -0.1) is 0 Å². The number of carbonyl (C=O) groups is 1. The van der Waals surface area contributed by atoms with Crippen LogP contribution in [0.3, 0.4) is 0 Å². The van der Waals surface area contributed by atoms with E-state index in [1.807, 2.05) is 0 Å². The first-order valence-corrected chi connectivity index (χ1v) is 5.49. The Morgan fingerprint density at radius 3 is 2.33 bits per heavy atom. The van der Waals surface area contributed by atoms with E-state index in [0.29, 0.717) is 19.2 Å². The second-order valence-electron chi connectivity index (χ2n) is 4.11. The molecule has 0 aromatic carbocycles. The van der Waals surface area contributed by atoms with Crippen LogP contribution in [-0.2, 0) is 6.18 Å². The lowest BCUT2D eigenvalue weighted by Gasteiger charge is -2.15. The number of amides is 1. The molecule has 0 atom stereocenters. The van der Waals surface area contributed by atoms with Crippen LogP contribution in [0.4, 0.5) is 13.2 Å². The summed E-state index contributed by atoms with van der Waals surface area (Å²) in [6, 6.07) is 1.65. The molecule has 4 nitrogen and oxygen atoms in total. The van der Waals surface area contributed by atoms with E-state index >= 15 is 0 Å². The van der Waals surface area contributed by atoms with Crippen LogP contribution < -0.4 is 5.56 Å². The van der Waals surface area contributed by atoms with E-state index in [1.54, 1.807) is 4.98 Å². The van der Waals surface area contributed by atoms with E-state index in [9.17, 15) is 22.8 Å². The zero-order valence-corrected chi connectivity index (χ0v) is 9.38. The molecule has 2 rings (SSSR count). The number of rotatable bonds is 1. The minimum atomic E-state index is -4.62. The van der Waals surface area contributed by atoms with Crippen LogP contribution in [0.1, 0.15) is 28.9 Å². The molecule has 0 unspecified atom stereocenters. The molecule has 18 heavy (non-hydrogen) atoms. The summed E-state index contributed by atoms with van der Waals surface area (Å²) in [6.07, 6.45) is -2.91. The minimum Gasteiger partial charge on any atom is -0.338 e. The summed E-state index contributed by atoms with van der Waals surface area (Å²) in [5, 5.41) is 0. The molecule has 1 aromatic rings. The van der Waals surface area contributed by atoms with Gasteiger partial charge >= 0.3 is 6.18 Å². The fourth-order valence-electron chi connectivity index (χ4n) is 1.90. The smallest absolute Gasteiger partial charge is 0.338 e. The van der Waals surface area contributed by atoms with Crippen LogP contribution in [0, 0.1) is 0 Å². The lowest BCUT2D eigenvalue weighted by Crippen LogP contribution is -2.33. The van der Waals surface area contributed by atoms with Crippen molar-refractivity contribution in [3.8, 4) is 0 Å². The number of aromatic amines is 1. The summed E-state index contributed by atoms with van der Waals surface area (Å²) in [6.45, 7) is 1.08. The predicted octanol–water partition coefficient (Wildman–Crippen LogP) is 1.63. The van der Waals surface area contributed by atoms with Crippen molar-refractivity contribution in [2.45, 2.75) is 19.0 Å². The van der Waals surface area contributed by atoms with E-state index in [-0.39, 0.29) is 5.56 Å². The Labute approximate surface area is 100 Å². The second kappa shape index (κ2) is 4.47. The quantitative estimate of drug-likeness (QED) is 0.834. The molecule has 2 heterocycles. The van der Waals surface area contributed by atoms with E-state index in [0.717, 1.165) is 18.9 Å². The number of alkyl halides is 3. The average molecular weight is 260 g/mol. The molecule has 0 radical (unpaired) electrons. The lowest BCUT2D eigenvalue weighted by molar-refractivity contribution is -0.141. The normalized spacial score (nSPS) is 16.1. The molecule has 0 aliphatic carbocycles. The summed E-state index contributed by atoms with van der Waals surface area (Å²) in [5.74, 6) is -0.512. The van der Waals surface area contributed by atoms with Gasteiger partial charge in [-0.1, -0.05) is 0 Å². The van der Waals surface area contributed by atoms with Gasteiger partial charge in [0, 0.05) is 13.1 Å². The number of carbonyl (C=O) groups excluding carboxylic acids is 1. The zero-order chi connectivity index (χ0) is 13.3. The summed E-state index contributed by atoms with van der Waals surface area (Å²) < 4.78 is 37.0. The van der Waals surface area contributed by atoms with Gasteiger partial charge in [-0.2, -0.15) is 13.2 Å². The van der Waals surface area contributed by atoms with Crippen LogP contribution >= 0.6 is 0 Å². The maximum absolute atomic E-state index is 12.3. The minimum absolute atomic E-state index is 0.245. The maximum atomic E-state index is 12.3. The number of nitrogens with one attached hydrogen (secondary N) is 1. The monoisotopic (exact) mass is 260 g/mol. The molecule has 1 amide bonds. The van der Waals surface area contributed by atoms with Gasteiger partial charge in [0.2, 0.25) is 0 Å². The van der Waals surface area contributed by atoms with Crippen LogP contribution in [0.2, 0.25) is 0 Å². The first kappa shape index (κ1) is 12.7. The Bertz CT molecular complexity index is 516. The van der Waals surface area contributed by atoms with Gasteiger partial charge < -0.3 is 9.88 Å². The SMILES string of the molecule is O=C(c1ccc(C(F)(F)F)[nH]c1=O)N1CCCC1. The first-order chi connectivity index (χ1) is 8.39. The van der Waals surface area contributed by atoms with Gasteiger partial charge in [0.05, 0.1) is 0 Å². The molecule has 1 aliphatic rings. The molecule has 1 aliphatic heterocycles. The molecular weight excluding hydrogens is 249 g/mol. The number of halogens is 3. The fourth-order valence-corrected chi connectivity index (χ4v) is 1.90. The van der Waals surface area contributed by atoms with Crippen molar-refractivity contribution >= 4 is 5.91 Å². The topological polar surface area (TPSA) is 53.2 Å². The lowest BCUT2D eigenvalue weighted by atomic mass is 10.2. The van der Waals surface area contributed by atoms with Crippen molar-refractivity contribution in [2.24, 2.45) is 0 Å². The van der Waals surface area contributed by atoms with Crippen LogP contribution in [0.5, 0.6) is 0 Å². The Morgan fingerprint density at radius 1 is 1.22 bits per heavy atom. The van der Waals surface area contributed by atoms with Gasteiger partial charge in [0.1, 0.15) is 11.3 Å². The zero-order valence-electron chi connectivity index (χ0n) is 9.38. The summed E-state index contributed by atoms with van der Waals surface area (Å²) in [5.41, 5.74) is -2.39. The van der Waals surface area contributed by atoms with E-state index in [2.05, 4.69) is 0 Å². The first-order valence-electron chi connectivity index (χ1n) is 5.49. The molecular formula is C11H11F3N2O2. The molecule has 0 spiro atoms. The summed E-state index contributed by atoms with van der Waals surface area (Å²) in [7, 11) is 0. The third-order valence-corrected chi connectivity index (χ3v) is 2.84. The number of hydrogen-bond acceptors (Lipinski definition) is 2. The molecule has 1 saturated heterocycles. The van der Waals surface area contributed by atoms with Crippen LogP contribution in [0.25, 0.3) is 0 Å². The van der Waals surface area contributed by atoms with Crippen molar-refractivity contribution in [3.63, 3.8) is 0 Å². The average Bonchev–Trinajstić information content (AvgIpc) is 2.80. The Kier molecular flexibility index (Phi) is 3.14. The standard InChI is InChI=1S/C11H11F3N2O2/c12-11(13,14)8-4-3-7(9(17)15-8)10(18)16-5-1-2-6-16/h3-4H,1-2,5-6H2,(H,15,17). The Hall–Kier alpha value is -1.79. The fraction of sp³-hybridized carbons (Fsp3) is 0.455. The van der Waals surface area contributed by atoms with Gasteiger partial charge in [-0.3, -0.25) is 9.59 Å². The van der Waals surface area contributed by atoms with E-state index in [1.165, 1.54) is 4.90 Å². The molecule has 0 bridgehead atoms. The highest BCUT2D eigenvalue weighted by molar-refractivity contribution is 5.94. The molecule has 0 saturated carbocycles. The number of H-pyrrole nitrogens is 1. The van der Waals surface area contributed by atoms with Crippen molar-refractivity contribution in [3.05, 3.63) is 33.7 Å². The number of aromatic nitrogens is 1. The maximum Gasteiger partial charge on any atom is 0.431 e. The van der Waals surface area contributed by atoms with E-state index < -0.39 is 23.3 Å². The molecule has 1 aromatic heterocycles. The Balaban J connectivity index is 2.30. The largest absolute Gasteiger partial charge is 0.431 e. The van der Waals surface area contributed by atoms with Gasteiger partial charge in [0.25, 0.3) is 11.5 Å². The van der Waals surface area contributed by atoms with Crippen molar-refractivity contribution < 1.29 is 18.0 Å². The highest BCUT2D eigenvalue weighted by Crippen LogP contribution is 2.26. The van der Waals surface area contributed by atoms with Gasteiger partial charge in [-0.05, 0) is 25.0 Å². The third-order valence-electron chi connectivity index (χ3n) is 2.84. The van der Waals surface area contributed by atoms with Gasteiger partial charge in [-0.25, -0.2) is 0 Å². The molecule has 1 fully saturated rings. The predicted molar refractivity (Wildman–Crippen MR) is 57.2 cm³/mol. The molecule has 1 N–H and O–H groups in total. The van der Waals surface area contributed by atoms with Crippen LogP contribution in [0.15, 0.2) is 16.9 Å². The molecule has 7 heteroatoms. The summed E-state index contributed by atoms with van der Waals surface area (Å²) >= 11 is 0. The Morgan fingerprint density at radius 2 is 1.83 bits per heavy atom. The number of nitrogens with zero attached hydrogens (tertiary/aromatic N) is 1. The van der Waals surface area contributed by atoms with E-state index in [4.69, 9.17) is 0 Å². The van der Waals surface area contributed by atoms with Crippen LogP contribution in [-0.4, -0.2) is 28.9 Å². The number of pyridine rings is 1. The molecule has 98 valence electrons. The highest BCUT2D eigenvalue weighted by Gasteiger charge is 2.32. The second-order valence-corrected chi connectivity index (χ2v) is 4.11. The summed E-state index contributed by atoms with van der Waals surface area (Å²) in [4.78, 5) is 26.5. The van der Waals surface area contributed by atoms with Crippen molar-refractivity contribution in [1.82, 2.24) is 9.88 Å². The van der Waals surface area contributed by atoms with Crippen molar-refractivity contribution in [1.29, 1.82) is 0 Å². The number of likely N-dealkylation sites (tertiary alicyclic amines) is 1. The van der Waals surface area contributed by atoms with Gasteiger partial charge in [0.15, 0.2) is 0 Å². The highest BCUT2D eigenvalue weighted by atomic mass is 19.4. The third kappa shape index (κ3) is 2.39. The van der Waals surface area contributed by atoms with Crippen molar-refractivity contribution in [2.75, 3.05) is 13.1 Å². The number of hydrogen-bond donors (Lipinski definition) is 1.